The minimum atomic E-state index is -0.259. The molecule has 2 N–H and O–H groups in total. The van der Waals surface area contributed by atoms with E-state index in [9.17, 15) is 4.79 Å². The van der Waals surface area contributed by atoms with Crippen LogP contribution in [0, 0.1) is 0 Å². The molecule has 0 fully saturated rings. The van der Waals surface area contributed by atoms with Gasteiger partial charge in [-0.1, -0.05) is 12.1 Å². The zero-order valence-electron chi connectivity index (χ0n) is 14.4. The number of hydrogen-bond donors (Lipinski definition) is 2. The third kappa shape index (κ3) is 3.64. The highest BCUT2D eigenvalue weighted by Gasteiger charge is 2.21. The zero-order valence-corrected chi connectivity index (χ0v) is 14.4. The molecule has 0 unspecified atom stereocenters. The molecule has 0 saturated heterocycles. The Morgan fingerprint density at radius 3 is 2.60 bits per heavy atom. The molecule has 0 bridgehead atoms. The quantitative estimate of drug-likeness (QED) is 0.724. The monoisotopic (exact) mass is 339 g/mol. The zero-order chi connectivity index (χ0) is 17.8. The topological polar surface area (TPSA) is 76.2 Å². The molecule has 130 valence electrons. The number of methoxy groups -OCH3 is 2. The first-order valence-corrected chi connectivity index (χ1v) is 8.03. The number of ether oxygens (including phenoxy) is 2. The number of hydrogen-bond acceptors (Lipinski definition) is 4. The number of H-pyrrole nitrogens is 1. The van der Waals surface area contributed by atoms with Crippen LogP contribution in [0.5, 0.6) is 5.75 Å². The molecule has 2 atom stereocenters. The summed E-state index contributed by atoms with van der Waals surface area (Å²) >= 11 is 0. The smallest absolute Gasteiger partial charge is 0.251 e. The number of benzene rings is 2. The largest absolute Gasteiger partial charge is 0.497 e. The molecule has 0 aliphatic heterocycles. The highest BCUT2D eigenvalue weighted by molar-refractivity contribution is 5.97. The van der Waals surface area contributed by atoms with Gasteiger partial charge in [0.1, 0.15) is 11.9 Å². The molecule has 25 heavy (non-hydrogen) atoms. The van der Waals surface area contributed by atoms with Gasteiger partial charge in [0, 0.05) is 12.7 Å². The molecule has 3 aromatic rings. The summed E-state index contributed by atoms with van der Waals surface area (Å²) < 4.78 is 10.8. The van der Waals surface area contributed by atoms with Gasteiger partial charge in [-0.05, 0) is 42.8 Å². The maximum Gasteiger partial charge on any atom is 0.251 e. The Bertz CT molecular complexity index is 858. The second kappa shape index (κ2) is 7.36. The van der Waals surface area contributed by atoms with Crippen LogP contribution in [0.15, 0.2) is 48.8 Å². The van der Waals surface area contributed by atoms with E-state index in [0.717, 1.165) is 22.3 Å². The lowest BCUT2D eigenvalue weighted by Crippen LogP contribution is -2.37. The normalized spacial score (nSPS) is 13.4. The van der Waals surface area contributed by atoms with E-state index in [-0.39, 0.29) is 18.1 Å². The maximum absolute atomic E-state index is 12.6. The molecule has 6 nitrogen and oxygen atoms in total. The third-order valence-corrected chi connectivity index (χ3v) is 4.19. The minimum absolute atomic E-state index is 0.153. The summed E-state index contributed by atoms with van der Waals surface area (Å²) in [6.45, 7) is 1.92. The first-order valence-electron chi connectivity index (χ1n) is 8.03. The summed E-state index contributed by atoms with van der Waals surface area (Å²) in [4.78, 5) is 19.7. The molecule has 6 heteroatoms. The number of carbonyl (C=O) groups excluding carboxylic acids is 1. The fraction of sp³-hybridized carbons (Fsp3) is 0.263. The van der Waals surface area contributed by atoms with Crippen molar-refractivity contribution in [2.24, 2.45) is 0 Å². The highest BCUT2D eigenvalue weighted by Crippen LogP contribution is 2.23. The number of rotatable bonds is 6. The number of fused-ring (bicyclic) bond motifs is 1. The molecule has 1 aromatic heterocycles. The van der Waals surface area contributed by atoms with E-state index in [1.165, 1.54) is 0 Å². The molecule has 0 aliphatic rings. The number of aromatic nitrogens is 2. The van der Waals surface area contributed by atoms with E-state index >= 15 is 0 Å². The van der Waals surface area contributed by atoms with Gasteiger partial charge < -0.3 is 19.8 Å². The summed E-state index contributed by atoms with van der Waals surface area (Å²) in [5.74, 6) is 0.628. The number of carbonyl (C=O) groups is 1. The van der Waals surface area contributed by atoms with Gasteiger partial charge in [-0.3, -0.25) is 4.79 Å². The van der Waals surface area contributed by atoms with Crippen molar-refractivity contribution in [2.75, 3.05) is 14.2 Å². The van der Waals surface area contributed by atoms with E-state index in [4.69, 9.17) is 9.47 Å². The van der Waals surface area contributed by atoms with E-state index in [2.05, 4.69) is 15.3 Å². The van der Waals surface area contributed by atoms with Crippen molar-refractivity contribution < 1.29 is 14.3 Å². The van der Waals surface area contributed by atoms with Crippen molar-refractivity contribution >= 4 is 16.9 Å². The van der Waals surface area contributed by atoms with Crippen molar-refractivity contribution in [2.45, 2.75) is 19.1 Å². The van der Waals surface area contributed by atoms with Gasteiger partial charge in [0.25, 0.3) is 5.91 Å². The maximum atomic E-state index is 12.6. The fourth-order valence-electron chi connectivity index (χ4n) is 2.87. The Balaban J connectivity index is 1.73. The standard InChI is InChI=1S/C19H21N3O3/c1-12(18(25-3)13-4-7-15(24-2)8-5-13)22-19(23)14-6-9-16-17(10-14)21-11-20-16/h4-12,18H,1-3H3,(H,20,21)(H,22,23)/t12-,18+/m1/s1. The predicted octanol–water partition coefficient (Wildman–Crippen LogP) is 3.08. The molecule has 0 radical (unpaired) electrons. The van der Waals surface area contributed by atoms with Crippen LogP contribution in [0.2, 0.25) is 0 Å². The second-order valence-electron chi connectivity index (χ2n) is 5.83. The molecular weight excluding hydrogens is 318 g/mol. The summed E-state index contributed by atoms with van der Waals surface area (Å²) in [6, 6.07) is 12.8. The summed E-state index contributed by atoms with van der Waals surface area (Å²) in [5, 5.41) is 3.00. The van der Waals surface area contributed by atoms with Crippen molar-refractivity contribution in [1.29, 1.82) is 0 Å². The molecule has 2 aromatic carbocycles. The molecule has 0 saturated carbocycles. The van der Waals surface area contributed by atoms with Gasteiger partial charge in [0.05, 0.1) is 30.5 Å². The van der Waals surface area contributed by atoms with Gasteiger partial charge in [0.15, 0.2) is 0 Å². The average Bonchev–Trinajstić information content (AvgIpc) is 3.10. The first-order chi connectivity index (χ1) is 12.1. The highest BCUT2D eigenvalue weighted by atomic mass is 16.5. The number of nitrogens with zero attached hydrogens (tertiary/aromatic N) is 1. The lowest BCUT2D eigenvalue weighted by Gasteiger charge is -2.24. The Morgan fingerprint density at radius 2 is 1.92 bits per heavy atom. The predicted molar refractivity (Wildman–Crippen MR) is 95.8 cm³/mol. The molecule has 0 spiro atoms. The minimum Gasteiger partial charge on any atom is -0.497 e. The molecule has 3 rings (SSSR count). The third-order valence-electron chi connectivity index (χ3n) is 4.19. The van der Waals surface area contributed by atoms with Gasteiger partial charge >= 0.3 is 0 Å². The Kier molecular flexibility index (Phi) is 5.00. The van der Waals surface area contributed by atoms with Crippen LogP contribution >= 0.6 is 0 Å². The lowest BCUT2D eigenvalue weighted by atomic mass is 10.0. The number of imidazole rings is 1. The fourth-order valence-corrected chi connectivity index (χ4v) is 2.87. The van der Waals surface area contributed by atoms with Crippen LogP contribution in [-0.2, 0) is 4.74 Å². The van der Waals surface area contributed by atoms with Crippen LogP contribution in [-0.4, -0.2) is 36.1 Å². The van der Waals surface area contributed by atoms with E-state index in [1.807, 2.05) is 37.3 Å². The SMILES string of the molecule is COc1ccc([C@@H](OC)[C@@H](C)NC(=O)c2ccc3nc[nH]c3c2)cc1. The van der Waals surface area contributed by atoms with E-state index in [1.54, 1.807) is 32.7 Å². The van der Waals surface area contributed by atoms with E-state index in [0.29, 0.717) is 5.56 Å². The van der Waals surface area contributed by atoms with Crippen LogP contribution in [0.3, 0.4) is 0 Å². The van der Waals surface area contributed by atoms with Crippen molar-refractivity contribution in [3.05, 3.63) is 59.9 Å². The lowest BCUT2D eigenvalue weighted by molar-refractivity contribution is 0.0644. The summed E-state index contributed by atoms with van der Waals surface area (Å²) in [6.07, 6.45) is 1.35. The van der Waals surface area contributed by atoms with Crippen LogP contribution in [0.25, 0.3) is 11.0 Å². The van der Waals surface area contributed by atoms with Crippen molar-refractivity contribution in [3.63, 3.8) is 0 Å². The number of amides is 1. The van der Waals surface area contributed by atoms with Crippen molar-refractivity contribution in [3.8, 4) is 5.75 Å². The van der Waals surface area contributed by atoms with E-state index < -0.39 is 0 Å². The summed E-state index contributed by atoms with van der Waals surface area (Å²) in [7, 11) is 3.26. The van der Waals surface area contributed by atoms with Gasteiger partial charge in [-0.2, -0.15) is 0 Å². The molecule has 1 heterocycles. The van der Waals surface area contributed by atoms with Crippen LogP contribution in [0.4, 0.5) is 0 Å². The Labute approximate surface area is 146 Å². The van der Waals surface area contributed by atoms with Crippen LogP contribution < -0.4 is 10.1 Å². The van der Waals surface area contributed by atoms with Gasteiger partial charge in [-0.25, -0.2) is 4.98 Å². The second-order valence-corrected chi connectivity index (χ2v) is 5.83. The van der Waals surface area contributed by atoms with Gasteiger partial charge in [0.2, 0.25) is 0 Å². The molecule has 1 amide bonds. The van der Waals surface area contributed by atoms with Gasteiger partial charge in [-0.15, -0.1) is 0 Å². The number of nitrogens with one attached hydrogen (secondary N) is 2. The summed E-state index contributed by atoms with van der Waals surface area (Å²) in [5.41, 5.74) is 3.21. The molecular formula is C19H21N3O3. The average molecular weight is 339 g/mol. The first kappa shape index (κ1) is 17.0. The van der Waals surface area contributed by atoms with Crippen LogP contribution in [0.1, 0.15) is 28.9 Å². The molecule has 0 aliphatic carbocycles. The van der Waals surface area contributed by atoms with Crippen molar-refractivity contribution in [1.82, 2.24) is 15.3 Å². The Hall–Kier alpha value is -2.86. The Morgan fingerprint density at radius 1 is 1.16 bits per heavy atom. The number of aromatic amines is 1.